The third kappa shape index (κ3) is 8.07. The second kappa shape index (κ2) is 20.1. The summed E-state index contributed by atoms with van der Waals surface area (Å²) >= 11 is 0. The first-order valence-electron chi connectivity index (χ1n) is 27.8. The van der Waals surface area contributed by atoms with Gasteiger partial charge in [-0.25, -0.2) is 9.97 Å². The van der Waals surface area contributed by atoms with Gasteiger partial charge in [0.05, 0.1) is 68.6 Å². The Kier molecular flexibility index (Phi) is 11.8. The third-order valence-corrected chi connectivity index (χ3v) is 16.5. The summed E-state index contributed by atoms with van der Waals surface area (Å²) in [6.45, 7) is 0. The largest absolute Gasteiger partial charge is 0.268 e. The van der Waals surface area contributed by atoms with Crippen LogP contribution in [0.3, 0.4) is 0 Å². The van der Waals surface area contributed by atoms with Crippen molar-refractivity contribution in [2.75, 3.05) is 0 Å². The van der Waals surface area contributed by atoms with Crippen LogP contribution >= 0.6 is 0 Å². The summed E-state index contributed by atoms with van der Waals surface area (Å²) in [4.78, 5) is 39.0. The van der Waals surface area contributed by atoms with Gasteiger partial charge in [0.1, 0.15) is 11.3 Å². The summed E-state index contributed by atoms with van der Waals surface area (Å²) in [7, 11) is 0. The molecule has 10 nitrogen and oxygen atoms in total. The van der Waals surface area contributed by atoms with Gasteiger partial charge in [-0.05, 0) is 157 Å². The molecule has 16 rings (SSSR count). The summed E-state index contributed by atoms with van der Waals surface area (Å²) in [6.07, 6.45) is 0. The standard InChI is InChI=1S/2C38H20N4O/c39-21-23-9-13-25(14-10-23)28-19-33(27-15-11-24(22-40)12-16-27)36-34(20-28)42-37(41-36)31-18-17-29(26-5-2-1-3-6-26)30-7-4-8-32(35(30)31)38(42)43;39-21-23-9-13-25(14-10-23)28-19-33(27-15-11-24(22-40)12-16-27)36-34(20-28)42-37(41-36)31-8-4-7-30-29(26-5-2-1-3-6-26)17-18-32(35(30)31)38(42)43/h2*1-20H. The number of hydrogen-bond donors (Lipinski definition) is 0. The Morgan fingerprint density at radius 1 is 0.279 bits per heavy atom. The number of rotatable bonds is 6. The van der Waals surface area contributed by atoms with Gasteiger partial charge >= 0.3 is 0 Å². The molecule has 0 radical (unpaired) electrons. The molecule has 0 N–H and O–H groups in total. The van der Waals surface area contributed by atoms with E-state index in [0.717, 1.165) is 99.1 Å². The van der Waals surface area contributed by atoms with E-state index in [1.807, 2.05) is 133 Å². The van der Waals surface area contributed by atoms with Gasteiger partial charge in [-0.15, -0.1) is 0 Å². The summed E-state index contributed by atoms with van der Waals surface area (Å²) in [5, 5.41) is 44.3. The summed E-state index contributed by atoms with van der Waals surface area (Å²) in [5.74, 6) is 0. The average Bonchev–Trinajstić information content (AvgIpc) is 1.55. The van der Waals surface area contributed by atoms with E-state index in [-0.39, 0.29) is 11.1 Å². The minimum absolute atomic E-state index is 0.122. The minimum atomic E-state index is -0.122. The number of aromatic nitrogens is 4. The molecule has 86 heavy (non-hydrogen) atoms. The van der Waals surface area contributed by atoms with Gasteiger partial charge in [-0.2, -0.15) is 21.0 Å². The van der Waals surface area contributed by atoms with E-state index in [1.165, 1.54) is 0 Å². The number of benzene rings is 12. The predicted octanol–water partition coefficient (Wildman–Crippen LogP) is 16.7. The lowest BCUT2D eigenvalue weighted by atomic mass is 9.94. The lowest BCUT2D eigenvalue weighted by Gasteiger charge is -2.12. The summed E-state index contributed by atoms with van der Waals surface area (Å²) < 4.78 is 3.46. The van der Waals surface area contributed by atoms with Crippen molar-refractivity contribution in [2.45, 2.75) is 0 Å². The molecule has 10 heteroatoms. The summed E-state index contributed by atoms with van der Waals surface area (Å²) in [5.41, 5.74) is 17.5. The maximum absolute atomic E-state index is 14.3. The van der Waals surface area contributed by atoms with Gasteiger partial charge in [0.25, 0.3) is 11.1 Å². The lowest BCUT2D eigenvalue weighted by molar-refractivity contribution is 1.19. The molecule has 0 spiro atoms. The van der Waals surface area contributed by atoms with E-state index in [4.69, 9.17) is 9.97 Å². The van der Waals surface area contributed by atoms with E-state index in [0.29, 0.717) is 66.4 Å². The van der Waals surface area contributed by atoms with Gasteiger partial charge in [0, 0.05) is 43.4 Å². The normalized spacial score (nSPS) is 11.3. The van der Waals surface area contributed by atoms with E-state index < -0.39 is 0 Å². The van der Waals surface area contributed by atoms with Crippen LogP contribution in [0.4, 0.5) is 0 Å². The van der Waals surface area contributed by atoms with Gasteiger partial charge < -0.3 is 0 Å². The molecule has 0 fully saturated rings. The predicted molar refractivity (Wildman–Crippen MR) is 342 cm³/mol. The molecular weight excluding hydrogens is 1060 g/mol. The molecule has 4 aromatic heterocycles. The fraction of sp³-hybridized carbons (Fsp3) is 0. The number of pyridine rings is 2. The second-order valence-corrected chi connectivity index (χ2v) is 21.2. The van der Waals surface area contributed by atoms with E-state index in [9.17, 15) is 30.6 Å². The van der Waals surface area contributed by atoms with Crippen molar-refractivity contribution in [1.29, 1.82) is 21.0 Å². The zero-order valence-electron chi connectivity index (χ0n) is 45.5. The minimum Gasteiger partial charge on any atom is -0.268 e. The SMILES string of the molecule is N#Cc1ccc(-c2cc(-c3ccc(C#N)cc3)c3nc4c5ccc(-c6ccccc6)c6cccc(c(=O)n4c3c2)c65)cc1.N#Cc1ccc(-c2cc(-c3ccc(C#N)cc3)c3nc4c5cccc6c(-c7ccccc7)ccc(c(=O)n4c3c2)c65)cc1. The molecule has 4 heterocycles. The Morgan fingerprint density at radius 3 is 1.00 bits per heavy atom. The van der Waals surface area contributed by atoms with Gasteiger partial charge in [0.15, 0.2) is 0 Å². The van der Waals surface area contributed by atoms with Gasteiger partial charge in [-0.1, -0.05) is 152 Å². The molecule has 0 atom stereocenters. The highest BCUT2D eigenvalue weighted by atomic mass is 16.1. The van der Waals surface area contributed by atoms with Crippen LogP contribution in [0.15, 0.2) is 252 Å². The quantitative estimate of drug-likeness (QED) is 0.159. The molecule has 0 bridgehead atoms. The number of nitriles is 4. The highest BCUT2D eigenvalue weighted by Crippen LogP contribution is 2.42. The van der Waals surface area contributed by atoms with Crippen LogP contribution < -0.4 is 11.1 Å². The Labute approximate surface area is 490 Å². The molecule has 0 amide bonds. The topological polar surface area (TPSA) is 164 Å². The van der Waals surface area contributed by atoms with Gasteiger partial charge in [0.2, 0.25) is 0 Å². The van der Waals surface area contributed by atoms with Crippen molar-refractivity contribution in [3.8, 4) is 91.0 Å². The van der Waals surface area contributed by atoms with E-state index >= 15 is 0 Å². The number of hydrogen-bond acceptors (Lipinski definition) is 8. The maximum atomic E-state index is 14.3. The second-order valence-electron chi connectivity index (χ2n) is 21.2. The zero-order valence-corrected chi connectivity index (χ0v) is 45.5. The van der Waals surface area contributed by atoms with Crippen LogP contribution in [0.5, 0.6) is 0 Å². The van der Waals surface area contributed by atoms with Crippen LogP contribution in [0.25, 0.3) is 143 Å². The highest BCUT2D eigenvalue weighted by Gasteiger charge is 2.24. The highest BCUT2D eigenvalue weighted by molar-refractivity contribution is 6.21. The molecule has 12 aromatic carbocycles. The first-order chi connectivity index (χ1) is 42.3. The Balaban J connectivity index is 0.000000145. The van der Waals surface area contributed by atoms with Crippen molar-refractivity contribution >= 4 is 76.5 Å². The number of nitrogens with zero attached hydrogens (tertiary/aromatic N) is 8. The van der Waals surface area contributed by atoms with Crippen molar-refractivity contribution in [1.82, 2.24) is 18.8 Å². The van der Waals surface area contributed by atoms with Crippen molar-refractivity contribution < 1.29 is 0 Å². The molecule has 0 aliphatic rings. The molecule has 0 aliphatic heterocycles. The third-order valence-electron chi connectivity index (χ3n) is 16.5. The fourth-order valence-electron chi connectivity index (χ4n) is 12.3. The first kappa shape index (κ1) is 50.4. The Morgan fingerprint density at radius 2 is 0.605 bits per heavy atom. The number of imidazole rings is 2. The summed E-state index contributed by atoms with van der Waals surface area (Å²) in [6, 6.07) is 87.1. The lowest BCUT2D eigenvalue weighted by Crippen LogP contribution is -2.13. The van der Waals surface area contributed by atoms with E-state index in [1.54, 1.807) is 57.3 Å². The molecule has 16 aromatic rings. The van der Waals surface area contributed by atoms with Crippen molar-refractivity contribution in [3.63, 3.8) is 0 Å². The fourth-order valence-corrected chi connectivity index (χ4v) is 12.3. The molecule has 396 valence electrons. The molecule has 0 saturated heterocycles. The van der Waals surface area contributed by atoms with Crippen molar-refractivity contribution in [2.24, 2.45) is 0 Å². The van der Waals surface area contributed by atoms with E-state index in [2.05, 4.69) is 84.9 Å². The van der Waals surface area contributed by atoms with Crippen LogP contribution in [0.1, 0.15) is 22.3 Å². The van der Waals surface area contributed by atoms with Crippen LogP contribution in [-0.2, 0) is 0 Å². The molecule has 0 aliphatic carbocycles. The van der Waals surface area contributed by atoms with Crippen LogP contribution in [-0.4, -0.2) is 18.8 Å². The molecule has 0 saturated carbocycles. The Hall–Kier alpha value is -12.6. The Bertz CT molecular complexity index is 5450. The smallest absolute Gasteiger partial charge is 0.264 e. The zero-order chi connectivity index (χ0) is 58.2. The number of fused-ring (bicyclic) bond motifs is 8. The van der Waals surface area contributed by atoms with Crippen LogP contribution in [0, 0.1) is 45.3 Å². The first-order valence-corrected chi connectivity index (χ1v) is 27.8. The average molecular weight is 1100 g/mol. The molecular formula is C76H40N8O2. The maximum Gasteiger partial charge on any atom is 0.264 e. The van der Waals surface area contributed by atoms with Gasteiger partial charge in [-0.3, -0.25) is 18.4 Å². The van der Waals surface area contributed by atoms with Crippen LogP contribution in [0.2, 0.25) is 0 Å². The monoisotopic (exact) mass is 1100 g/mol. The molecule has 0 unspecified atom stereocenters. The van der Waals surface area contributed by atoms with Crippen molar-refractivity contribution in [3.05, 3.63) is 286 Å².